The van der Waals surface area contributed by atoms with Crippen LogP contribution in [0.25, 0.3) is 11.4 Å². The van der Waals surface area contributed by atoms with Gasteiger partial charge in [-0.2, -0.15) is 9.98 Å². The summed E-state index contributed by atoms with van der Waals surface area (Å²) in [5.41, 5.74) is 2.99. The molecule has 2 heterocycles. The van der Waals surface area contributed by atoms with Crippen molar-refractivity contribution in [1.29, 1.82) is 0 Å². The van der Waals surface area contributed by atoms with Gasteiger partial charge in [0.15, 0.2) is 11.9 Å². The summed E-state index contributed by atoms with van der Waals surface area (Å²) in [5.74, 6) is -1.74. The summed E-state index contributed by atoms with van der Waals surface area (Å²) in [6, 6.07) is 19.0. The van der Waals surface area contributed by atoms with Crippen molar-refractivity contribution < 1.29 is 38.1 Å². The van der Waals surface area contributed by atoms with Gasteiger partial charge in [0.05, 0.1) is 26.4 Å². The smallest absolute Gasteiger partial charge is 0.263 e. The molecule has 0 saturated heterocycles. The summed E-state index contributed by atoms with van der Waals surface area (Å²) in [5, 5.41) is 13.7. The van der Waals surface area contributed by atoms with Gasteiger partial charge in [-0.3, -0.25) is 29.4 Å². The van der Waals surface area contributed by atoms with E-state index in [1.54, 1.807) is 51.3 Å². The summed E-state index contributed by atoms with van der Waals surface area (Å²) in [6.07, 6.45) is 0.424. The Morgan fingerprint density at radius 1 is 0.905 bits per heavy atom. The second-order valence-corrected chi connectivity index (χ2v) is 16.5. The quantitative estimate of drug-likeness (QED) is 0.0429. The molecule has 4 amide bonds. The van der Waals surface area contributed by atoms with Crippen molar-refractivity contribution in [2.45, 2.75) is 99.3 Å². The van der Waals surface area contributed by atoms with Crippen LogP contribution in [-0.4, -0.2) is 95.6 Å². The van der Waals surface area contributed by atoms with Gasteiger partial charge in [-0.25, -0.2) is 4.68 Å². The Balaban J connectivity index is 1.51. The molecule has 0 fully saturated rings. The summed E-state index contributed by atoms with van der Waals surface area (Å²) in [7, 11) is 1.55. The van der Waals surface area contributed by atoms with E-state index < -0.39 is 41.4 Å². The number of ether oxygens (including phenoxy) is 4. The average molecular weight is 867 g/mol. The van der Waals surface area contributed by atoms with E-state index in [9.17, 15) is 14.4 Å². The van der Waals surface area contributed by atoms with Crippen LogP contribution in [-0.2, 0) is 38.8 Å². The first kappa shape index (κ1) is 48.1. The molecule has 0 radical (unpaired) electrons. The third-order valence-electron chi connectivity index (χ3n) is 10.9. The molecule has 16 nitrogen and oxygen atoms in total. The second-order valence-electron chi connectivity index (χ2n) is 16.5. The molecule has 3 N–H and O–H groups in total. The number of amidine groups is 1. The topological polar surface area (TPSA) is 188 Å². The average Bonchev–Trinajstić information content (AvgIpc) is 3.65. The van der Waals surface area contributed by atoms with Crippen LogP contribution >= 0.6 is 0 Å². The van der Waals surface area contributed by atoms with Crippen LogP contribution in [0, 0.1) is 19.3 Å². The largest absolute Gasteiger partial charge is 0.465 e. The molecular weight excluding hydrogens is 805 g/mol. The van der Waals surface area contributed by atoms with E-state index in [4.69, 9.17) is 24.0 Å². The van der Waals surface area contributed by atoms with E-state index in [0.29, 0.717) is 35.5 Å². The monoisotopic (exact) mass is 866 g/mol. The van der Waals surface area contributed by atoms with Crippen LogP contribution in [0.4, 0.5) is 17.3 Å². The van der Waals surface area contributed by atoms with Crippen molar-refractivity contribution in [2.24, 2.45) is 10.4 Å². The molecule has 0 bridgehead atoms. The van der Waals surface area contributed by atoms with E-state index in [1.807, 2.05) is 44.2 Å². The Morgan fingerprint density at radius 3 is 2.29 bits per heavy atom. The van der Waals surface area contributed by atoms with Gasteiger partial charge >= 0.3 is 0 Å². The van der Waals surface area contributed by atoms with Crippen molar-refractivity contribution >= 4 is 46.8 Å². The number of aryl methyl sites for hydroxylation is 2. The molecule has 1 aliphatic rings. The normalized spacial score (nSPS) is 14.8. The lowest BCUT2D eigenvalue weighted by molar-refractivity contribution is -0.149. The van der Waals surface area contributed by atoms with Crippen LogP contribution in [0.1, 0.15) is 90.5 Å². The molecule has 2 atom stereocenters. The van der Waals surface area contributed by atoms with E-state index in [1.165, 1.54) is 16.5 Å². The molecule has 5 rings (SSSR count). The maximum Gasteiger partial charge on any atom is 0.263 e. The van der Waals surface area contributed by atoms with Crippen molar-refractivity contribution in [3.8, 4) is 17.1 Å². The maximum absolute atomic E-state index is 15.0. The molecule has 2 unspecified atom stereocenters. The standard InChI is InChI=1S/C47H62N8O8/c1-11-38(63-37-22-19-30(4)27-35(37)46(7,8)9)62-29-48-34-21-20-31(5)36(28-34)50-42(57)39(55-45(49-32(6)56)51-40(53-55)33-17-15-14-16-18-33)41-52-43(58)47(12-2,13-3)44(59)54(41)23-24-61-26-25-60-10/h14-22,27-28,38-39,48H,11-13,23-26,29H2,1-10H3,(H,50,57)(H,49,51,53,56). The number of aromatic nitrogens is 3. The van der Waals surface area contributed by atoms with Gasteiger partial charge in [0.2, 0.25) is 24.1 Å². The van der Waals surface area contributed by atoms with Gasteiger partial charge in [0, 0.05) is 37.4 Å². The van der Waals surface area contributed by atoms with Crippen molar-refractivity contribution in [1.82, 2.24) is 19.7 Å². The highest BCUT2D eigenvalue weighted by atomic mass is 16.7. The van der Waals surface area contributed by atoms with E-state index in [-0.39, 0.29) is 62.4 Å². The zero-order valence-corrected chi connectivity index (χ0v) is 38.2. The molecule has 1 aliphatic heterocycles. The predicted octanol–water partition coefficient (Wildman–Crippen LogP) is 7.44. The number of rotatable bonds is 21. The highest BCUT2D eigenvalue weighted by Gasteiger charge is 2.52. The van der Waals surface area contributed by atoms with Crippen LogP contribution in [0.2, 0.25) is 0 Å². The number of hydrogen-bond acceptors (Lipinski definition) is 11. The number of amides is 4. The lowest BCUT2D eigenvalue weighted by Gasteiger charge is -2.39. The number of nitrogens with zero attached hydrogens (tertiary/aromatic N) is 5. The van der Waals surface area contributed by atoms with E-state index in [0.717, 1.165) is 16.9 Å². The van der Waals surface area contributed by atoms with Crippen molar-refractivity contribution in [3.05, 3.63) is 83.4 Å². The highest BCUT2D eigenvalue weighted by molar-refractivity contribution is 6.24. The minimum absolute atomic E-state index is 0.0434. The van der Waals surface area contributed by atoms with Crippen LogP contribution in [0.5, 0.6) is 5.75 Å². The number of carbonyl (C=O) groups excluding carboxylic acids is 4. The molecule has 0 aliphatic carbocycles. The predicted molar refractivity (Wildman–Crippen MR) is 243 cm³/mol. The minimum atomic E-state index is -1.59. The van der Waals surface area contributed by atoms with Gasteiger partial charge in [-0.05, 0) is 61.4 Å². The molecule has 338 valence electrons. The van der Waals surface area contributed by atoms with Crippen LogP contribution < -0.4 is 20.7 Å². The summed E-state index contributed by atoms with van der Waals surface area (Å²) >= 11 is 0. The van der Waals surface area contributed by atoms with Gasteiger partial charge in [0.1, 0.15) is 23.7 Å². The number of aliphatic imine (C=N–C) groups is 1. The number of hydrogen-bond donors (Lipinski definition) is 3. The molecule has 3 aromatic carbocycles. The molecular formula is C47H62N8O8. The number of anilines is 3. The van der Waals surface area contributed by atoms with Gasteiger partial charge in [-0.15, -0.1) is 5.10 Å². The number of carbonyl (C=O) groups is 4. The first-order valence-electron chi connectivity index (χ1n) is 21.4. The molecule has 4 aromatic rings. The first-order chi connectivity index (χ1) is 30.1. The minimum Gasteiger partial charge on any atom is -0.465 e. The van der Waals surface area contributed by atoms with Gasteiger partial charge in [0.25, 0.3) is 11.8 Å². The first-order valence-corrected chi connectivity index (χ1v) is 21.4. The van der Waals surface area contributed by atoms with Crippen molar-refractivity contribution in [2.75, 3.05) is 56.2 Å². The number of nitrogens with one attached hydrogen (secondary N) is 3. The summed E-state index contributed by atoms with van der Waals surface area (Å²) in [4.78, 5) is 66.7. The van der Waals surface area contributed by atoms with E-state index >= 15 is 4.79 Å². The van der Waals surface area contributed by atoms with Gasteiger partial charge in [-0.1, -0.05) is 95.6 Å². The zero-order chi connectivity index (χ0) is 45.9. The fourth-order valence-corrected chi connectivity index (χ4v) is 7.19. The molecule has 63 heavy (non-hydrogen) atoms. The Morgan fingerprint density at radius 2 is 1.63 bits per heavy atom. The fraction of sp³-hybridized carbons (Fsp3) is 0.468. The lowest BCUT2D eigenvalue weighted by Crippen LogP contribution is -2.58. The molecule has 1 aromatic heterocycles. The molecule has 16 heteroatoms. The van der Waals surface area contributed by atoms with Gasteiger partial charge < -0.3 is 29.6 Å². The Labute approximate surface area is 370 Å². The fourth-order valence-electron chi connectivity index (χ4n) is 7.19. The molecule has 0 spiro atoms. The lowest BCUT2D eigenvalue weighted by atomic mass is 9.78. The SMILES string of the molecule is CCC(OCNc1ccc(C)c(NC(=O)C(C2=NC(=O)C(CC)(CC)C(=O)N2CCOCCOC)n2nc(-c3ccccc3)nc2NC(C)=O)c1)Oc1ccc(C)cc1C(C)(C)C. The van der Waals surface area contributed by atoms with Crippen LogP contribution in [0.3, 0.4) is 0 Å². The highest BCUT2D eigenvalue weighted by Crippen LogP contribution is 2.37. The maximum atomic E-state index is 15.0. The summed E-state index contributed by atoms with van der Waals surface area (Å²) in [6.45, 7) is 17.8. The van der Waals surface area contributed by atoms with E-state index in [2.05, 4.69) is 59.7 Å². The Kier molecular flexibility index (Phi) is 16.3. The summed E-state index contributed by atoms with van der Waals surface area (Å²) < 4.78 is 24.6. The third kappa shape index (κ3) is 11.5. The molecule has 0 saturated carbocycles. The van der Waals surface area contributed by atoms with Crippen molar-refractivity contribution in [3.63, 3.8) is 0 Å². The number of methoxy groups -OCH3 is 1. The third-order valence-corrected chi connectivity index (χ3v) is 10.9. The Hall–Kier alpha value is -5.97. The number of benzene rings is 3. The Bertz CT molecular complexity index is 2260. The zero-order valence-electron chi connectivity index (χ0n) is 38.2. The van der Waals surface area contributed by atoms with Crippen LogP contribution in [0.15, 0.2) is 71.7 Å². The second kappa shape index (κ2) is 21.4.